The van der Waals surface area contributed by atoms with Crippen LogP contribution in [0, 0.1) is 5.82 Å². The average Bonchev–Trinajstić information content (AvgIpc) is 2.98. The molecule has 2 heterocycles. The first-order chi connectivity index (χ1) is 13.1. The molecule has 2 N–H and O–H groups in total. The molecular weight excluding hydrogens is 347 g/mol. The highest BCUT2D eigenvalue weighted by Crippen LogP contribution is 2.33. The fourth-order valence-corrected chi connectivity index (χ4v) is 3.49. The van der Waals surface area contributed by atoms with Gasteiger partial charge in [0.25, 0.3) is 0 Å². The summed E-state index contributed by atoms with van der Waals surface area (Å²) in [5, 5.41) is 5.49. The summed E-state index contributed by atoms with van der Waals surface area (Å²) >= 11 is 0. The van der Waals surface area contributed by atoms with Crippen molar-refractivity contribution in [3.63, 3.8) is 0 Å². The van der Waals surface area contributed by atoms with Crippen molar-refractivity contribution in [2.24, 2.45) is 0 Å². The Bertz CT molecular complexity index is 1040. The molecule has 0 spiro atoms. The number of fused-ring (bicyclic) bond motifs is 2. The maximum absolute atomic E-state index is 13.5. The highest BCUT2D eigenvalue weighted by atomic mass is 19.1. The molecule has 4 rings (SSSR count). The van der Waals surface area contributed by atoms with Crippen LogP contribution in [0.15, 0.2) is 42.5 Å². The number of nitrogens with one attached hydrogen (secondary N) is 2. The first-order valence-electron chi connectivity index (χ1n) is 8.92. The van der Waals surface area contributed by atoms with Gasteiger partial charge in [-0.3, -0.25) is 14.9 Å². The molecule has 2 amide bonds. The van der Waals surface area contributed by atoms with Gasteiger partial charge in [-0.15, -0.1) is 0 Å². The van der Waals surface area contributed by atoms with Crippen LogP contribution in [-0.2, 0) is 16.1 Å². The van der Waals surface area contributed by atoms with Gasteiger partial charge < -0.3 is 9.88 Å². The molecule has 1 atom stereocenters. The number of halogens is 1. The maximum atomic E-state index is 13.5. The topological polar surface area (TPSA) is 76.0 Å². The van der Waals surface area contributed by atoms with E-state index < -0.39 is 11.7 Å². The zero-order valence-corrected chi connectivity index (χ0v) is 14.8. The van der Waals surface area contributed by atoms with Crippen molar-refractivity contribution in [2.45, 2.75) is 32.2 Å². The summed E-state index contributed by atoms with van der Waals surface area (Å²) in [7, 11) is 0. The van der Waals surface area contributed by atoms with Gasteiger partial charge in [0.15, 0.2) is 0 Å². The van der Waals surface area contributed by atoms with Crippen LogP contribution in [0.2, 0.25) is 0 Å². The lowest BCUT2D eigenvalue weighted by Gasteiger charge is -2.24. The van der Waals surface area contributed by atoms with E-state index in [0.717, 1.165) is 17.5 Å². The number of aromatic nitrogens is 2. The number of rotatable bonds is 4. The van der Waals surface area contributed by atoms with E-state index in [0.29, 0.717) is 23.7 Å². The third-order valence-electron chi connectivity index (χ3n) is 4.71. The molecule has 1 aliphatic rings. The highest BCUT2D eigenvalue weighted by Gasteiger charge is 2.31. The number of imidazole rings is 1. The van der Waals surface area contributed by atoms with E-state index >= 15 is 0 Å². The second-order valence-corrected chi connectivity index (χ2v) is 6.60. The third-order valence-corrected chi connectivity index (χ3v) is 4.71. The van der Waals surface area contributed by atoms with E-state index in [1.165, 1.54) is 12.1 Å². The number of anilines is 2. The molecule has 0 bridgehead atoms. The van der Waals surface area contributed by atoms with Crippen molar-refractivity contribution in [1.29, 1.82) is 0 Å². The monoisotopic (exact) mass is 366 g/mol. The standard InChI is InChI=1S/C20H19FN4O2/c1-2-9-25-17-6-4-3-5-15(17)23-20(25)24-19(27)14-11-18(26)22-16-10-12(21)7-8-13(14)16/h3-8,10,14H,2,9,11H2,1H3,(H,22,26)(H,23,24,27). The Morgan fingerprint density at radius 1 is 1.33 bits per heavy atom. The summed E-state index contributed by atoms with van der Waals surface area (Å²) in [5.41, 5.74) is 2.68. The van der Waals surface area contributed by atoms with E-state index in [9.17, 15) is 14.0 Å². The number of para-hydroxylation sites is 2. The molecule has 0 saturated heterocycles. The Balaban J connectivity index is 1.68. The number of carbonyl (C=O) groups is 2. The summed E-state index contributed by atoms with van der Waals surface area (Å²) in [5.74, 6) is -1.33. The average molecular weight is 366 g/mol. The van der Waals surface area contributed by atoms with E-state index in [4.69, 9.17) is 0 Å². The summed E-state index contributed by atoms with van der Waals surface area (Å²) in [6.45, 7) is 2.76. The van der Waals surface area contributed by atoms with Gasteiger partial charge in [0, 0.05) is 18.7 Å². The molecule has 1 aliphatic heterocycles. The Labute approximate surface area is 155 Å². The SMILES string of the molecule is CCCn1c(NC(=O)C2CC(=O)Nc3cc(F)ccc32)nc2ccccc21. The van der Waals surface area contributed by atoms with Gasteiger partial charge >= 0.3 is 0 Å². The van der Waals surface area contributed by atoms with Crippen molar-refractivity contribution < 1.29 is 14.0 Å². The smallest absolute Gasteiger partial charge is 0.234 e. The molecule has 7 heteroatoms. The van der Waals surface area contributed by atoms with E-state index in [-0.39, 0.29) is 18.2 Å². The Hall–Kier alpha value is -3.22. The molecule has 2 aromatic carbocycles. The molecule has 1 unspecified atom stereocenters. The molecule has 0 fully saturated rings. The number of benzene rings is 2. The van der Waals surface area contributed by atoms with Crippen molar-refractivity contribution in [3.8, 4) is 0 Å². The number of aryl methyl sites for hydroxylation is 1. The second-order valence-electron chi connectivity index (χ2n) is 6.60. The first kappa shape index (κ1) is 17.2. The van der Waals surface area contributed by atoms with Gasteiger partial charge in [0.1, 0.15) is 5.82 Å². The predicted molar refractivity (Wildman–Crippen MR) is 101 cm³/mol. The van der Waals surface area contributed by atoms with E-state index in [1.807, 2.05) is 28.8 Å². The molecule has 0 aliphatic carbocycles. The van der Waals surface area contributed by atoms with Crippen LogP contribution in [0.4, 0.5) is 16.0 Å². The highest BCUT2D eigenvalue weighted by molar-refractivity contribution is 6.05. The largest absolute Gasteiger partial charge is 0.326 e. The van der Waals surface area contributed by atoms with Gasteiger partial charge in [0.05, 0.1) is 17.0 Å². The lowest BCUT2D eigenvalue weighted by atomic mass is 9.90. The summed E-state index contributed by atoms with van der Waals surface area (Å²) in [6, 6.07) is 11.7. The van der Waals surface area contributed by atoms with Gasteiger partial charge in [-0.2, -0.15) is 0 Å². The van der Waals surface area contributed by atoms with Crippen LogP contribution in [0.25, 0.3) is 11.0 Å². The summed E-state index contributed by atoms with van der Waals surface area (Å²) in [6.07, 6.45) is 0.898. The molecule has 6 nitrogen and oxygen atoms in total. The molecule has 138 valence electrons. The Morgan fingerprint density at radius 3 is 2.96 bits per heavy atom. The normalized spacial score (nSPS) is 16.1. The third kappa shape index (κ3) is 3.16. The van der Waals surface area contributed by atoms with Crippen molar-refractivity contribution in [3.05, 3.63) is 53.8 Å². The number of hydrogen-bond acceptors (Lipinski definition) is 3. The van der Waals surface area contributed by atoms with Crippen LogP contribution in [0.3, 0.4) is 0 Å². The van der Waals surface area contributed by atoms with Gasteiger partial charge in [0.2, 0.25) is 17.8 Å². The van der Waals surface area contributed by atoms with E-state index in [1.54, 1.807) is 6.07 Å². The molecule has 0 radical (unpaired) electrons. The lowest BCUT2D eigenvalue weighted by molar-refractivity contribution is -0.123. The molecule has 0 saturated carbocycles. The van der Waals surface area contributed by atoms with Crippen molar-refractivity contribution in [2.75, 3.05) is 10.6 Å². The predicted octanol–water partition coefficient (Wildman–Crippen LogP) is 3.65. The molecule has 1 aromatic heterocycles. The second kappa shape index (κ2) is 6.83. The Kier molecular flexibility index (Phi) is 4.35. The molecular formula is C20H19FN4O2. The summed E-state index contributed by atoms with van der Waals surface area (Å²) < 4.78 is 15.4. The Morgan fingerprint density at radius 2 is 2.15 bits per heavy atom. The quantitative estimate of drug-likeness (QED) is 0.740. The van der Waals surface area contributed by atoms with Crippen LogP contribution in [-0.4, -0.2) is 21.4 Å². The minimum Gasteiger partial charge on any atom is -0.326 e. The van der Waals surface area contributed by atoms with Gasteiger partial charge in [-0.05, 0) is 36.2 Å². The number of carbonyl (C=O) groups excluding carboxylic acids is 2. The van der Waals surface area contributed by atoms with Gasteiger partial charge in [-0.25, -0.2) is 9.37 Å². The fraction of sp³-hybridized carbons (Fsp3) is 0.250. The molecule has 27 heavy (non-hydrogen) atoms. The van der Waals surface area contributed by atoms with Crippen LogP contribution in [0.5, 0.6) is 0 Å². The lowest BCUT2D eigenvalue weighted by Crippen LogP contribution is -2.31. The zero-order chi connectivity index (χ0) is 19.0. The van der Waals surface area contributed by atoms with Crippen molar-refractivity contribution >= 4 is 34.5 Å². The van der Waals surface area contributed by atoms with Crippen molar-refractivity contribution in [1.82, 2.24) is 9.55 Å². The van der Waals surface area contributed by atoms with Crippen LogP contribution in [0.1, 0.15) is 31.2 Å². The first-order valence-corrected chi connectivity index (χ1v) is 8.92. The van der Waals surface area contributed by atoms with E-state index in [2.05, 4.69) is 22.5 Å². The molecule has 3 aromatic rings. The number of hydrogen-bond donors (Lipinski definition) is 2. The number of amides is 2. The fourth-order valence-electron chi connectivity index (χ4n) is 3.49. The van der Waals surface area contributed by atoms with Gasteiger partial charge in [-0.1, -0.05) is 25.1 Å². The zero-order valence-electron chi connectivity index (χ0n) is 14.8. The van der Waals surface area contributed by atoms with Crippen LogP contribution < -0.4 is 10.6 Å². The van der Waals surface area contributed by atoms with Crippen LogP contribution >= 0.6 is 0 Å². The minimum atomic E-state index is -0.691. The number of nitrogens with zero attached hydrogens (tertiary/aromatic N) is 2. The minimum absolute atomic E-state index is 0.0124. The maximum Gasteiger partial charge on any atom is 0.234 e. The summed E-state index contributed by atoms with van der Waals surface area (Å²) in [4.78, 5) is 29.5.